The second-order valence-electron chi connectivity index (χ2n) is 5.00. The second kappa shape index (κ2) is 4.21. The number of aryl methyl sites for hydroxylation is 1. The van der Waals surface area contributed by atoms with Gasteiger partial charge >= 0.3 is 0 Å². The fourth-order valence-electron chi connectivity index (χ4n) is 2.77. The molecule has 0 radical (unpaired) electrons. The minimum absolute atomic E-state index is 0.653. The lowest BCUT2D eigenvalue weighted by atomic mass is 9.96. The summed E-state index contributed by atoms with van der Waals surface area (Å²) < 4.78 is 1.83. The summed E-state index contributed by atoms with van der Waals surface area (Å²) in [5.74, 6) is 0. The van der Waals surface area contributed by atoms with Gasteiger partial charge in [-0.05, 0) is 17.5 Å². The molecular formula is C14H17N3O. The van der Waals surface area contributed by atoms with Gasteiger partial charge in [0, 0.05) is 19.4 Å². The molecule has 0 amide bonds. The highest BCUT2D eigenvalue weighted by Gasteiger charge is 2.39. The van der Waals surface area contributed by atoms with Gasteiger partial charge in [-0.3, -0.25) is 0 Å². The normalized spacial score (nSPS) is 16.8. The maximum absolute atomic E-state index is 10.9. The lowest BCUT2D eigenvalue weighted by Crippen LogP contribution is -2.29. The van der Waals surface area contributed by atoms with Crippen molar-refractivity contribution >= 4 is 0 Å². The molecule has 18 heavy (non-hydrogen) atoms. The summed E-state index contributed by atoms with van der Waals surface area (Å²) in [5.41, 5.74) is 2.44. The Labute approximate surface area is 106 Å². The fourth-order valence-corrected chi connectivity index (χ4v) is 2.77. The van der Waals surface area contributed by atoms with E-state index in [1.54, 1.807) is 6.20 Å². The average molecular weight is 243 g/mol. The summed E-state index contributed by atoms with van der Waals surface area (Å²) in [7, 11) is 0. The molecule has 4 heteroatoms. The number of aliphatic hydroxyl groups is 1. The van der Waals surface area contributed by atoms with Crippen LogP contribution in [-0.4, -0.2) is 20.1 Å². The van der Waals surface area contributed by atoms with E-state index in [4.69, 9.17) is 0 Å². The van der Waals surface area contributed by atoms with Gasteiger partial charge in [0.25, 0.3) is 0 Å². The van der Waals surface area contributed by atoms with Gasteiger partial charge in [-0.15, -0.1) is 5.10 Å². The van der Waals surface area contributed by atoms with Crippen LogP contribution in [0.3, 0.4) is 0 Å². The van der Waals surface area contributed by atoms with E-state index in [1.165, 1.54) is 11.1 Å². The molecule has 0 atom stereocenters. The van der Waals surface area contributed by atoms with Crippen molar-refractivity contribution in [3.05, 3.63) is 47.3 Å². The molecule has 1 N–H and O–H groups in total. The quantitative estimate of drug-likeness (QED) is 0.892. The molecule has 4 nitrogen and oxygen atoms in total. The molecule has 3 rings (SSSR count). The number of aromatic nitrogens is 3. The van der Waals surface area contributed by atoms with Crippen molar-refractivity contribution in [3.8, 4) is 0 Å². The average Bonchev–Trinajstić information content (AvgIpc) is 2.93. The fraction of sp³-hybridized carbons (Fsp3) is 0.429. The minimum Gasteiger partial charge on any atom is -0.383 e. The number of hydrogen-bond donors (Lipinski definition) is 1. The van der Waals surface area contributed by atoms with Crippen LogP contribution in [0.4, 0.5) is 0 Å². The maximum Gasteiger partial charge on any atom is 0.116 e. The number of benzene rings is 1. The van der Waals surface area contributed by atoms with E-state index in [0.717, 1.165) is 18.7 Å². The van der Waals surface area contributed by atoms with E-state index in [2.05, 4.69) is 29.4 Å². The van der Waals surface area contributed by atoms with Gasteiger partial charge in [-0.1, -0.05) is 36.4 Å². The number of fused-ring (bicyclic) bond motifs is 1. The predicted octanol–water partition coefficient (Wildman–Crippen LogP) is 1.67. The van der Waals surface area contributed by atoms with Gasteiger partial charge in [0.1, 0.15) is 5.60 Å². The van der Waals surface area contributed by atoms with Crippen LogP contribution in [0.2, 0.25) is 0 Å². The summed E-state index contributed by atoms with van der Waals surface area (Å²) >= 11 is 0. The van der Waals surface area contributed by atoms with Crippen LogP contribution in [-0.2, 0) is 25.0 Å². The largest absolute Gasteiger partial charge is 0.383 e. The Bertz CT molecular complexity index is 537. The van der Waals surface area contributed by atoms with Gasteiger partial charge in [0.05, 0.1) is 11.9 Å². The van der Waals surface area contributed by atoms with Crippen LogP contribution in [0, 0.1) is 0 Å². The van der Waals surface area contributed by atoms with Crippen molar-refractivity contribution < 1.29 is 5.11 Å². The molecule has 0 spiro atoms. The first-order chi connectivity index (χ1) is 8.73. The molecule has 1 aliphatic rings. The number of rotatable bonds is 3. The zero-order valence-electron chi connectivity index (χ0n) is 10.5. The van der Waals surface area contributed by atoms with Crippen LogP contribution < -0.4 is 0 Å². The highest BCUT2D eigenvalue weighted by atomic mass is 16.3. The highest BCUT2D eigenvalue weighted by Crippen LogP contribution is 2.37. The summed E-state index contributed by atoms with van der Waals surface area (Å²) in [4.78, 5) is 0. The van der Waals surface area contributed by atoms with Gasteiger partial charge in [0.15, 0.2) is 0 Å². The summed E-state index contributed by atoms with van der Waals surface area (Å²) in [5, 5.41) is 18.9. The van der Waals surface area contributed by atoms with E-state index < -0.39 is 5.60 Å². The predicted molar refractivity (Wildman–Crippen MR) is 68.1 cm³/mol. The van der Waals surface area contributed by atoms with Crippen molar-refractivity contribution in [1.82, 2.24) is 15.0 Å². The Morgan fingerprint density at radius 1 is 1.28 bits per heavy atom. The van der Waals surface area contributed by atoms with E-state index in [1.807, 2.05) is 16.8 Å². The molecule has 0 saturated carbocycles. The first-order valence-corrected chi connectivity index (χ1v) is 6.41. The van der Waals surface area contributed by atoms with Crippen LogP contribution >= 0.6 is 0 Å². The molecule has 0 bridgehead atoms. The van der Waals surface area contributed by atoms with Crippen LogP contribution in [0.5, 0.6) is 0 Å². The number of nitrogens with zero attached hydrogens (tertiary/aromatic N) is 3. The van der Waals surface area contributed by atoms with E-state index in [-0.39, 0.29) is 0 Å². The van der Waals surface area contributed by atoms with Crippen LogP contribution in [0.15, 0.2) is 30.5 Å². The first-order valence-electron chi connectivity index (χ1n) is 6.41. The van der Waals surface area contributed by atoms with Crippen LogP contribution in [0.25, 0.3) is 0 Å². The van der Waals surface area contributed by atoms with Gasteiger partial charge in [-0.25, -0.2) is 4.68 Å². The third-order valence-corrected chi connectivity index (χ3v) is 3.61. The SMILES string of the molecule is CCCn1nncc1C1(O)Cc2ccccc2C1. The molecule has 2 aromatic rings. The molecular weight excluding hydrogens is 226 g/mol. The molecule has 1 heterocycles. The summed E-state index contributed by atoms with van der Waals surface area (Å²) in [6.45, 7) is 2.90. The molecule has 94 valence electrons. The van der Waals surface area contributed by atoms with Gasteiger partial charge in [0.2, 0.25) is 0 Å². The standard InChI is InChI=1S/C14H17N3O/c1-2-7-17-13(10-15-16-17)14(18)8-11-5-3-4-6-12(11)9-14/h3-6,10,18H,2,7-9H2,1H3. The Morgan fingerprint density at radius 3 is 2.56 bits per heavy atom. The van der Waals surface area contributed by atoms with E-state index in [0.29, 0.717) is 12.8 Å². The smallest absolute Gasteiger partial charge is 0.116 e. The Kier molecular flexibility index (Phi) is 2.67. The molecule has 1 aromatic carbocycles. The van der Waals surface area contributed by atoms with Crippen molar-refractivity contribution in [3.63, 3.8) is 0 Å². The van der Waals surface area contributed by atoms with Crippen LogP contribution in [0.1, 0.15) is 30.2 Å². The van der Waals surface area contributed by atoms with Crippen molar-refractivity contribution in [2.75, 3.05) is 0 Å². The molecule has 0 fully saturated rings. The Hall–Kier alpha value is -1.68. The monoisotopic (exact) mass is 243 g/mol. The van der Waals surface area contributed by atoms with Crippen molar-refractivity contribution in [2.45, 2.75) is 38.3 Å². The Balaban J connectivity index is 1.96. The summed E-state index contributed by atoms with van der Waals surface area (Å²) in [6.07, 6.45) is 3.99. The topological polar surface area (TPSA) is 50.9 Å². The third-order valence-electron chi connectivity index (χ3n) is 3.61. The second-order valence-corrected chi connectivity index (χ2v) is 5.00. The zero-order valence-corrected chi connectivity index (χ0v) is 10.5. The lowest BCUT2D eigenvalue weighted by Gasteiger charge is -2.22. The third kappa shape index (κ3) is 1.73. The van der Waals surface area contributed by atoms with Crippen molar-refractivity contribution in [1.29, 1.82) is 0 Å². The molecule has 0 unspecified atom stereocenters. The highest BCUT2D eigenvalue weighted by molar-refractivity contribution is 5.37. The molecule has 0 saturated heterocycles. The minimum atomic E-state index is -0.845. The first kappa shape index (κ1) is 11.4. The zero-order chi connectivity index (χ0) is 12.6. The number of hydrogen-bond acceptors (Lipinski definition) is 3. The van der Waals surface area contributed by atoms with Gasteiger partial charge < -0.3 is 5.11 Å². The van der Waals surface area contributed by atoms with Gasteiger partial charge in [-0.2, -0.15) is 0 Å². The molecule has 1 aromatic heterocycles. The molecule has 1 aliphatic carbocycles. The van der Waals surface area contributed by atoms with E-state index in [9.17, 15) is 5.11 Å². The maximum atomic E-state index is 10.9. The molecule has 0 aliphatic heterocycles. The summed E-state index contributed by atoms with van der Waals surface area (Å²) in [6, 6.07) is 8.21. The Morgan fingerprint density at radius 2 is 1.94 bits per heavy atom. The van der Waals surface area contributed by atoms with Crippen molar-refractivity contribution in [2.24, 2.45) is 0 Å². The van der Waals surface area contributed by atoms with E-state index >= 15 is 0 Å². The lowest BCUT2D eigenvalue weighted by molar-refractivity contribution is 0.0385.